The number of H-pyrrole nitrogens is 1. The van der Waals surface area contributed by atoms with Crippen LogP contribution in [0.3, 0.4) is 0 Å². The normalized spacial score (nSPS) is 14.4. The molecule has 100 valence electrons. The standard InChI is InChI=1S/C12H21N5S/c1-10(2)16-12(3,8-13)6-4-5-7-18-11-14-9-15-17-11/h9-10,16H,4-7H2,1-3H3,(H,14,15,17). The first-order valence-corrected chi connectivity index (χ1v) is 7.21. The van der Waals surface area contributed by atoms with E-state index in [2.05, 4.69) is 40.4 Å². The minimum Gasteiger partial charge on any atom is -0.297 e. The van der Waals surface area contributed by atoms with Crippen LogP contribution < -0.4 is 5.32 Å². The Hall–Kier alpha value is -1.06. The Morgan fingerprint density at radius 3 is 2.89 bits per heavy atom. The molecule has 6 heteroatoms. The van der Waals surface area contributed by atoms with Gasteiger partial charge in [0.15, 0.2) is 5.16 Å². The largest absolute Gasteiger partial charge is 0.297 e. The van der Waals surface area contributed by atoms with Crippen LogP contribution in [0.2, 0.25) is 0 Å². The van der Waals surface area contributed by atoms with E-state index in [0.717, 1.165) is 30.2 Å². The third-order valence-corrected chi connectivity index (χ3v) is 3.52. The Bertz CT molecular complexity index is 370. The maximum Gasteiger partial charge on any atom is 0.183 e. The highest BCUT2D eigenvalue weighted by atomic mass is 32.2. The topological polar surface area (TPSA) is 77.4 Å². The van der Waals surface area contributed by atoms with Crippen molar-refractivity contribution in [3.63, 3.8) is 0 Å². The van der Waals surface area contributed by atoms with Gasteiger partial charge in [-0.25, -0.2) is 4.98 Å². The molecule has 0 aromatic carbocycles. The van der Waals surface area contributed by atoms with Crippen LogP contribution in [0.5, 0.6) is 0 Å². The highest BCUT2D eigenvalue weighted by molar-refractivity contribution is 7.99. The van der Waals surface area contributed by atoms with Gasteiger partial charge in [-0.3, -0.25) is 10.4 Å². The summed E-state index contributed by atoms with van der Waals surface area (Å²) < 4.78 is 0. The molecule has 0 aliphatic carbocycles. The summed E-state index contributed by atoms with van der Waals surface area (Å²) in [6, 6.07) is 2.70. The average molecular weight is 267 g/mol. The molecule has 2 N–H and O–H groups in total. The number of hydrogen-bond acceptors (Lipinski definition) is 5. The van der Waals surface area contributed by atoms with E-state index in [1.807, 2.05) is 6.92 Å². The number of nitrogens with zero attached hydrogens (tertiary/aromatic N) is 3. The van der Waals surface area contributed by atoms with Crippen molar-refractivity contribution in [1.82, 2.24) is 20.5 Å². The molecule has 0 spiro atoms. The van der Waals surface area contributed by atoms with Crippen molar-refractivity contribution in [3.8, 4) is 6.07 Å². The molecule has 0 saturated carbocycles. The van der Waals surface area contributed by atoms with Gasteiger partial charge in [-0.2, -0.15) is 10.4 Å². The van der Waals surface area contributed by atoms with Gasteiger partial charge in [0.05, 0.1) is 6.07 Å². The summed E-state index contributed by atoms with van der Waals surface area (Å²) >= 11 is 1.67. The van der Waals surface area contributed by atoms with Gasteiger partial charge in [0.2, 0.25) is 0 Å². The zero-order valence-corrected chi connectivity index (χ0v) is 12.0. The lowest BCUT2D eigenvalue weighted by molar-refractivity contribution is 0.372. The molecule has 1 unspecified atom stereocenters. The Morgan fingerprint density at radius 1 is 1.56 bits per heavy atom. The average Bonchev–Trinajstić information content (AvgIpc) is 2.80. The molecule has 1 atom stereocenters. The SMILES string of the molecule is CC(C)NC(C)(C#N)CCCCSc1ncn[nH]1. The van der Waals surface area contributed by atoms with Crippen molar-refractivity contribution in [1.29, 1.82) is 5.26 Å². The Kier molecular flexibility index (Phi) is 6.16. The molecular weight excluding hydrogens is 246 g/mol. The molecule has 1 aromatic heterocycles. The third kappa shape index (κ3) is 5.52. The summed E-state index contributed by atoms with van der Waals surface area (Å²) in [6.07, 6.45) is 4.49. The molecule has 18 heavy (non-hydrogen) atoms. The van der Waals surface area contributed by atoms with Gasteiger partial charge in [0, 0.05) is 11.8 Å². The minimum atomic E-state index is -0.412. The van der Waals surface area contributed by atoms with Crippen LogP contribution in [0.15, 0.2) is 11.5 Å². The lowest BCUT2D eigenvalue weighted by Gasteiger charge is -2.25. The summed E-state index contributed by atoms with van der Waals surface area (Å²) in [5.41, 5.74) is -0.412. The number of aromatic nitrogens is 3. The first-order valence-electron chi connectivity index (χ1n) is 6.23. The Balaban J connectivity index is 2.18. The van der Waals surface area contributed by atoms with Crippen LogP contribution in [0.4, 0.5) is 0 Å². The molecule has 5 nitrogen and oxygen atoms in total. The number of hydrogen-bond donors (Lipinski definition) is 2. The Morgan fingerprint density at radius 2 is 2.33 bits per heavy atom. The van der Waals surface area contributed by atoms with Crippen LogP contribution in [-0.2, 0) is 0 Å². The summed E-state index contributed by atoms with van der Waals surface area (Å²) in [7, 11) is 0. The molecule has 0 amide bonds. The lowest BCUT2D eigenvalue weighted by Crippen LogP contribution is -2.44. The van der Waals surface area contributed by atoms with Crippen molar-refractivity contribution >= 4 is 11.8 Å². The fourth-order valence-corrected chi connectivity index (χ4v) is 2.59. The summed E-state index contributed by atoms with van der Waals surface area (Å²) in [4.78, 5) is 4.05. The lowest BCUT2D eigenvalue weighted by atomic mass is 9.96. The molecular formula is C12H21N5S. The monoisotopic (exact) mass is 267 g/mol. The minimum absolute atomic E-state index is 0.332. The molecule has 1 rings (SSSR count). The zero-order chi connectivity index (χ0) is 13.4. The van der Waals surface area contributed by atoms with E-state index in [1.165, 1.54) is 6.33 Å². The molecule has 0 radical (unpaired) electrons. The van der Waals surface area contributed by atoms with Crippen molar-refractivity contribution in [2.75, 3.05) is 5.75 Å². The van der Waals surface area contributed by atoms with Gasteiger partial charge < -0.3 is 0 Å². The predicted molar refractivity (Wildman–Crippen MR) is 73.2 cm³/mol. The van der Waals surface area contributed by atoms with Crippen LogP contribution in [0.1, 0.15) is 40.0 Å². The van der Waals surface area contributed by atoms with Crippen LogP contribution in [0, 0.1) is 11.3 Å². The molecule has 1 aromatic rings. The predicted octanol–water partition coefficient (Wildman–Crippen LogP) is 2.35. The number of thioether (sulfide) groups is 1. The fourth-order valence-electron chi connectivity index (χ4n) is 1.81. The number of nitrogens with one attached hydrogen (secondary N) is 2. The van der Waals surface area contributed by atoms with Crippen molar-refractivity contribution < 1.29 is 0 Å². The maximum absolute atomic E-state index is 9.20. The highest BCUT2D eigenvalue weighted by Crippen LogP contribution is 2.18. The van der Waals surface area contributed by atoms with E-state index < -0.39 is 5.54 Å². The molecule has 0 saturated heterocycles. The van der Waals surface area contributed by atoms with E-state index in [0.29, 0.717) is 6.04 Å². The van der Waals surface area contributed by atoms with Crippen molar-refractivity contribution in [3.05, 3.63) is 6.33 Å². The summed E-state index contributed by atoms with van der Waals surface area (Å²) in [6.45, 7) is 6.10. The smallest absolute Gasteiger partial charge is 0.183 e. The second-order valence-corrected chi connectivity index (χ2v) is 5.92. The maximum atomic E-state index is 9.20. The quantitative estimate of drug-likeness (QED) is 0.558. The molecule has 0 aliphatic heterocycles. The Labute approximate surface area is 113 Å². The number of unbranched alkanes of at least 4 members (excludes halogenated alkanes) is 1. The van der Waals surface area contributed by atoms with Gasteiger partial charge in [0.1, 0.15) is 11.9 Å². The number of rotatable bonds is 8. The fraction of sp³-hybridized carbons (Fsp3) is 0.750. The second kappa shape index (κ2) is 7.39. The number of nitriles is 1. The van der Waals surface area contributed by atoms with E-state index >= 15 is 0 Å². The summed E-state index contributed by atoms with van der Waals surface area (Å²) in [5, 5.41) is 20.0. The molecule has 1 heterocycles. The van der Waals surface area contributed by atoms with Crippen molar-refractivity contribution in [2.24, 2.45) is 0 Å². The van der Waals surface area contributed by atoms with E-state index in [1.54, 1.807) is 11.8 Å². The van der Waals surface area contributed by atoms with Gasteiger partial charge in [0.25, 0.3) is 0 Å². The van der Waals surface area contributed by atoms with Crippen LogP contribution in [-0.4, -0.2) is 32.5 Å². The first kappa shape index (κ1) is 15.0. The molecule has 0 fully saturated rings. The van der Waals surface area contributed by atoms with Crippen LogP contribution in [0.25, 0.3) is 0 Å². The first-order chi connectivity index (χ1) is 8.56. The zero-order valence-electron chi connectivity index (χ0n) is 11.2. The van der Waals surface area contributed by atoms with E-state index in [9.17, 15) is 5.26 Å². The second-order valence-electron chi connectivity index (χ2n) is 4.84. The van der Waals surface area contributed by atoms with Gasteiger partial charge in [-0.15, -0.1) is 0 Å². The number of aromatic amines is 1. The van der Waals surface area contributed by atoms with Crippen molar-refractivity contribution in [2.45, 2.75) is 56.8 Å². The highest BCUT2D eigenvalue weighted by Gasteiger charge is 2.23. The van der Waals surface area contributed by atoms with Gasteiger partial charge in [-0.1, -0.05) is 11.8 Å². The van der Waals surface area contributed by atoms with Gasteiger partial charge in [-0.05, 0) is 40.0 Å². The summed E-state index contributed by atoms with van der Waals surface area (Å²) in [5.74, 6) is 0.998. The molecule has 0 bridgehead atoms. The van der Waals surface area contributed by atoms with Gasteiger partial charge >= 0.3 is 0 Å². The third-order valence-electron chi connectivity index (χ3n) is 2.56. The van der Waals surface area contributed by atoms with Crippen LogP contribution >= 0.6 is 11.8 Å². The molecule has 0 aliphatic rings. The van der Waals surface area contributed by atoms with E-state index in [-0.39, 0.29) is 0 Å². The van der Waals surface area contributed by atoms with E-state index in [4.69, 9.17) is 0 Å².